The van der Waals surface area contributed by atoms with Gasteiger partial charge in [-0.05, 0) is 44.4 Å². The Morgan fingerprint density at radius 2 is 2.05 bits per heavy atom. The molecule has 2 aliphatic rings. The van der Waals surface area contributed by atoms with Gasteiger partial charge in [-0.2, -0.15) is 0 Å². The van der Waals surface area contributed by atoms with Gasteiger partial charge in [-0.3, -0.25) is 14.6 Å². The van der Waals surface area contributed by atoms with Crippen molar-refractivity contribution in [2.45, 2.75) is 44.6 Å². The highest BCUT2D eigenvalue weighted by molar-refractivity contribution is 5.93. The molecule has 1 heterocycles. The first-order chi connectivity index (χ1) is 9.29. The number of guanidine groups is 1. The number of hydrogen-bond acceptors (Lipinski definition) is 3. The number of rotatable bonds is 5. The third-order valence-electron chi connectivity index (χ3n) is 4.54. The van der Waals surface area contributed by atoms with Gasteiger partial charge in [0.1, 0.15) is 5.54 Å². The molecule has 0 radical (unpaired) electrons. The smallest absolute Gasteiger partial charge is 0.242 e. The van der Waals surface area contributed by atoms with Crippen LogP contribution in [-0.4, -0.2) is 29.9 Å². The number of hydrogen-bond donors (Lipinski definition) is 4. The van der Waals surface area contributed by atoms with Crippen LogP contribution in [0.3, 0.4) is 0 Å². The van der Waals surface area contributed by atoms with Gasteiger partial charge in [0.15, 0.2) is 5.96 Å². The van der Waals surface area contributed by atoms with E-state index in [0.29, 0.717) is 13.0 Å². The molecule has 1 saturated carbocycles. The number of carbonyl (C=O) groups excluding carboxylic acids is 2. The molecule has 1 saturated heterocycles. The topological polar surface area (TPSA) is 137 Å². The second kappa shape index (κ2) is 4.96. The van der Waals surface area contributed by atoms with E-state index in [1.807, 2.05) is 0 Å². The largest absolute Gasteiger partial charge is 0.370 e. The quantitative estimate of drug-likeness (QED) is 0.298. The number of aliphatic imine (C=N–C) groups is 1. The lowest BCUT2D eigenvalue weighted by molar-refractivity contribution is -0.141. The average Bonchev–Trinajstić information content (AvgIpc) is 3.06. The van der Waals surface area contributed by atoms with E-state index in [1.165, 1.54) is 0 Å². The third-order valence-corrected chi connectivity index (χ3v) is 4.54. The number of nitrogens with one attached hydrogen (secondary N) is 1. The lowest BCUT2D eigenvalue weighted by Crippen LogP contribution is -2.62. The Morgan fingerprint density at radius 1 is 1.40 bits per heavy atom. The van der Waals surface area contributed by atoms with E-state index in [0.717, 1.165) is 25.7 Å². The van der Waals surface area contributed by atoms with Gasteiger partial charge in [-0.25, -0.2) is 0 Å². The molecule has 2 fully saturated rings. The molecule has 0 aromatic carbocycles. The van der Waals surface area contributed by atoms with E-state index in [-0.39, 0.29) is 23.2 Å². The van der Waals surface area contributed by atoms with Crippen LogP contribution in [0.15, 0.2) is 4.99 Å². The fourth-order valence-electron chi connectivity index (χ4n) is 3.28. The second-order valence-corrected chi connectivity index (χ2v) is 6.23. The molecule has 2 atom stereocenters. The standard InChI is InChI=1S/C13H23N5O2/c1-12(10(14)20)7-13(4-5-13)8(9(19)18-12)3-2-6-17-11(15)16/h8H,2-7H2,1H3,(H2,14,20)(H,18,19)(H4,15,16,17)/t8-,12+/m0/s1. The SMILES string of the molecule is C[C@]1(C(N)=O)CC2(CC2)[C@@H](CCCN=C(N)N)C(=O)N1. The zero-order valence-corrected chi connectivity index (χ0v) is 11.8. The van der Waals surface area contributed by atoms with Crippen LogP contribution in [0.1, 0.15) is 39.0 Å². The zero-order chi connectivity index (χ0) is 15.0. The minimum Gasteiger partial charge on any atom is -0.370 e. The zero-order valence-electron chi connectivity index (χ0n) is 11.8. The van der Waals surface area contributed by atoms with Crippen LogP contribution in [0.4, 0.5) is 0 Å². The van der Waals surface area contributed by atoms with Gasteiger partial charge in [0, 0.05) is 12.5 Å². The van der Waals surface area contributed by atoms with E-state index >= 15 is 0 Å². The van der Waals surface area contributed by atoms with Crippen LogP contribution in [0.25, 0.3) is 0 Å². The van der Waals surface area contributed by atoms with Gasteiger partial charge in [-0.15, -0.1) is 0 Å². The molecule has 7 nitrogen and oxygen atoms in total. The molecule has 112 valence electrons. The van der Waals surface area contributed by atoms with E-state index in [9.17, 15) is 9.59 Å². The van der Waals surface area contributed by atoms with Crippen molar-refractivity contribution in [3.8, 4) is 0 Å². The van der Waals surface area contributed by atoms with Crippen molar-refractivity contribution in [3.05, 3.63) is 0 Å². The van der Waals surface area contributed by atoms with Gasteiger partial charge in [0.05, 0.1) is 0 Å². The summed E-state index contributed by atoms with van der Waals surface area (Å²) in [5.41, 5.74) is 15.0. The molecule has 0 bridgehead atoms. The Hall–Kier alpha value is -1.79. The highest BCUT2D eigenvalue weighted by atomic mass is 16.2. The average molecular weight is 281 g/mol. The predicted molar refractivity (Wildman–Crippen MR) is 75.4 cm³/mol. The molecule has 0 aromatic rings. The number of amides is 2. The maximum absolute atomic E-state index is 12.3. The van der Waals surface area contributed by atoms with Crippen molar-refractivity contribution >= 4 is 17.8 Å². The van der Waals surface area contributed by atoms with Crippen LogP contribution >= 0.6 is 0 Å². The first-order valence-electron chi connectivity index (χ1n) is 6.96. The first kappa shape index (κ1) is 14.6. The highest BCUT2D eigenvalue weighted by Crippen LogP contribution is 2.60. The van der Waals surface area contributed by atoms with Crippen LogP contribution in [0.2, 0.25) is 0 Å². The van der Waals surface area contributed by atoms with Crippen LogP contribution < -0.4 is 22.5 Å². The summed E-state index contributed by atoms with van der Waals surface area (Å²) in [5.74, 6) is -0.527. The molecular weight excluding hydrogens is 258 g/mol. The molecule has 7 N–H and O–H groups in total. The predicted octanol–water partition coefficient (Wildman–Crippen LogP) is -0.800. The summed E-state index contributed by atoms with van der Waals surface area (Å²) in [7, 11) is 0. The van der Waals surface area contributed by atoms with Crippen molar-refractivity contribution in [3.63, 3.8) is 0 Å². The van der Waals surface area contributed by atoms with Crippen molar-refractivity contribution < 1.29 is 9.59 Å². The minimum atomic E-state index is -0.913. The molecule has 7 heteroatoms. The van der Waals surface area contributed by atoms with Crippen molar-refractivity contribution in [1.29, 1.82) is 0 Å². The summed E-state index contributed by atoms with van der Waals surface area (Å²) in [6, 6.07) is 0. The maximum Gasteiger partial charge on any atom is 0.242 e. The number of nitrogens with zero attached hydrogens (tertiary/aromatic N) is 1. The summed E-state index contributed by atoms with van der Waals surface area (Å²) in [4.78, 5) is 27.8. The fraction of sp³-hybridized carbons (Fsp3) is 0.769. The number of primary amides is 1. The summed E-state index contributed by atoms with van der Waals surface area (Å²) < 4.78 is 0. The maximum atomic E-state index is 12.3. The van der Waals surface area contributed by atoms with Gasteiger partial charge >= 0.3 is 0 Å². The van der Waals surface area contributed by atoms with E-state index in [1.54, 1.807) is 6.92 Å². The number of nitrogens with two attached hydrogens (primary N) is 3. The molecule has 1 aliphatic heterocycles. The molecule has 20 heavy (non-hydrogen) atoms. The van der Waals surface area contributed by atoms with E-state index < -0.39 is 11.4 Å². The molecule has 0 unspecified atom stereocenters. The van der Waals surface area contributed by atoms with Crippen LogP contribution in [-0.2, 0) is 9.59 Å². The van der Waals surface area contributed by atoms with Crippen molar-refractivity contribution in [2.75, 3.05) is 6.54 Å². The normalized spacial score (nSPS) is 30.6. The Labute approximate surface area is 118 Å². The van der Waals surface area contributed by atoms with Gasteiger partial charge in [0.2, 0.25) is 11.8 Å². The summed E-state index contributed by atoms with van der Waals surface area (Å²) in [6.45, 7) is 2.23. The Bertz CT molecular complexity index is 454. The Balaban J connectivity index is 2.00. The highest BCUT2D eigenvalue weighted by Gasteiger charge is 2.60. The Kier molecular flexibility index (Phi) is 3.62. The lowest BCUT2D eigenvalue weighted by Gasteiger charge is -2.41. The summed E-state index contributed by atoms with van der Waals surface area (Å²) >= 11 is 0. The molecule has 2 rings (SSSR count). The van der Waals surface area contributed by atoms with E-state index in [2.05, 4.69) is 10.3 Å². The van der Waals surface area contributed by atoms with Crippen molar-refractivity contribution in [1.82, 2.24) is 5.32 Å². The Morgan fingerprint density at radius 3 is 2.55 bits per heavy atom. The fourth-order valence-corrected chi connectivity index (χ4v) is 3.28. The number of piperidine rings is 1. The molecule has 1 spiro atoms. The first-order valence-corrected chi connectivity index (χ1v) is 6.96. The lowest BCUT2D eigenvalue weighted by atomic mass is 9.72. The number of carbonyl (C=O) groups is 2. The molecular formula is C13H23N5O2. The van der Waals surface area contributed by atoms with Crippen LogP contribution in [0, 0.1) is 11.3 Å². The third kappa shape index (κ3) is 2.71. The van der Waals surface area contributed by atoms with Crippen molar-refractivity contribution in [2.24, 2.45) is 33.5 Å². The monoisotopic (exact) mass is 281 g/mol. The van der Waals surface area contributed by atoms with Crippen LogP contribution in [0.5, 0.6) is 0 Å². The summed E-state index contributed by atoms with van der Waals surface area (Å²) in [6.07, 6.45) is 4.09. The second-order valence-electron chi connectivity index (χ2n) is 6.23. The van der Waals surface area contributed by atoms with Gasteiger partial charge in [0.25, 0.3) is 0 Å². The van der Waals surface area contributed by atoms with Gasteiger partial charge in [-0.1, -0.05) is 0 Å². The minimum absolute atomic E-state index is 0.0515. The molecule has 1 aliphatic carbocycles. The molecule has 0 aromatic heterocycles. The summed E-state index contributed by atoms with van der Waals surface area (Å²) in [5, 5.41) is 2.79. The van der Waals surface area contributed by atoms with E-state index in [4.69, 9.17) is 17.2 Å². The molecule has 2 amide bonds. The van der Waals surface area contributed by atoms with Gasteiger partial charge < -0.3 is 22.5 Å².